The number of hydrogen-bond donors (Lipinski definition) is 2. The predicted octanol–water partition coefficient (Wildman–Crippen LogP) is -0.415. The molecule has 120 valence electrons. The number of nitrogens with two attached hydrogens (primary N) is 1. The van der Waals surface area contributed by atoms with Crippen LogP contribution in [-0.4, -0.2) is 40.4 Å². The molecule has 1 aromatic rings. The first-order valence-corrected chi connectivity index (χ1v) is 7.89. The van der Waals surface area contributed by atoms with Crippen LogP contribution in [0.2, 0.25) is 0 Å². The molecule has 0 bridgehead atoms. The summed E-state index contributed by atoms with van der Waals surface area (Å²) in [4.78, 5) is 23.4. The van der Waals surface area contributed by atoms with E-state index in [1.807, 2.05) is 24.0 Å². The van der Waals surface area contributed by atoms with Gasteiger partial charge in [-0.3, -0.25) is 0 Å². The number of rotatable bonds is 4. The first-order valence-electron chi connectivity index (χ1n) is 7.01. The van der Waals surface area contributed by atoms with Gasteiger partial charge in [-0.25, -0.2) is 9.78 Å². The van der Waals surface area contributed by atoms with Crippen LogP contribution in [0.15, 0.2) is 35.5 Å². The maximum atomic E-state index is 9.53. The number of carboxylic acid groups (broad SMARTS) is 2. The van der Waals surface area contributed by atoms with Crippen LogP contribution in [0.3, 0.4) is 0 Å². The lowest BCUT2D eigenvalue weighted by atomic mass is 10.2. The van der Waals surface area contributed by atoms with E-state index in [0.29, 0.717) is 12.2 Å². The van der Waals surface area contributed by atoms with Gasteiger partial charge in [0.2, 0.25) is 0 Å². The van der Waals surface area contributed by atoms with E-state index in [0.717, 1.165) is 5.25 Å². The number of quaternary nitrogens is 1. The largest absolute Gasteiger partial charge is 0.545 e. The third kappa shape index (κ3) is 7.80. The molecule has 3 N–H and O–H groups in total. The molecule has 0 spiro atoms. The normalized spacial score (nSPS) is 15.1. The van der Waals surface area contributed by atoms with Crippen LogP contribution < -0.4 is 10.4 Å². The molecule has 22 heavy (non-hydrogen) atoms. The molecule has 0 unspecified atom stereocenters. The van der Waals surface area contributed by atoms with E-state index in [4.69, 9.17) is 5.11 Å². The quantitative estimate of drug-likeness (QED) is 0.729. The topological polar surface area (TPSA) is 107 Å². The zero-order valence-corrected chi connectivity index (χ0v) is 13.2. The van der Waals surface area contributed by atoms with Crippen molar-refractivity contribution in [2.75, 3.05) is 13.1 Å². The number of aryl methyl sites for hydroxylation is 1. The minimum Gasteiger partial charge on any atom is -0.545 e. The zero-order valence-electron chi connectivity index (χ0n) is 12.4. The van der Waals surface area contributed by atoms with E-state index in [-0.39, 0.29) is 0 Å². The van der Waals surface area contributed by atoms with E-state index in [2.05, 4.69) is 23.3 Å². The molecule has 0 saturated carbocycles. The van der Waals surface area contributed by atoms with E-state index in [1.54, 1.807) is 0 Å². The van der Waals surface area contributed by atoms with Gasteiger partial charge in [0, 0.05) is 30.4 Å². The van der Waals surface area contributed by atoms with Crippen molar-refractivity contribution < 1.29 is 25.1 Å². The number of piperidine rings is 1. The second-order valence-electron chi connectivity index (χ2n) is 4.80. The van der Waals surface area contributed by atoms with Crippen LogP contribution in [0.5, 0.6) is 0 Å². The molecule has 2 heterocycles. The smallest absolute Gasteiger partial charge is 0.328 e. The third-order valence-corrected chi connectivity index (χ3v) is 4.44. The van der Waals surface area contributed by atoms with Crippen LogP contribution in [0.25, 0.3) is 0 Å². The molecule has 2 rings (SSSR count). The first-order chi connectivity index (χ1) is 10.5. The number of hydrogen-bond acceptors (Lipinski definition) is 5. The van der Waals surface area contributed by atoms with Crippen LogP contribution in [0.1, 0.15) is 18.4 Å². The van der Waals surface area contributed by atoms with Gasteiger partial charge in [-0.2, -0.15) is 0 Å². The predicted molar refractivity (Wildman–Crippen MR) is 81.3 cm³/mol. The average Bonchev–Trinajstić information content (AvgIpc) is 2.49. The van der Waals surface area contributed by atoms with Crippen molar-refractivity contribution in [2.45, 2.75) is 30.0 Å². The average molecular weight is 324 g/mol. The summed E-state index contributed by atoms with van der Waals surface area (Å²) in [6, 6.07) is 4.15. The van der Waals surface area contributed by atoms with Crippen molar-refractivity contribution in [1.29, 1.82) is 0 Å². The molecule has 7 heteroatoms. The molecule has 0 aromatic carbocycles. The van der Waals surface area contributed by atoms with Crippen molar-refractivity contribution in [1.82, 2.24) is 4.98 Å². The lowest BCUT2D eigenvalue weighted by molar-refractivity contribution is -0.661. The summed E-state index contributed by atoms with van der Waals surface area (Å²) in [5, 5.41) is 21.6. The van der Waals surface area contributed by atoms with Crippen LogP contribution in [-0.2, 0) is 9.59 Å². The third-order valence-electron chi connectivity index (χ3n) is 2.99. The number of pyridine rings is 1. The van der Waals surface area contributed by atoms with E-state index >= 15 is 0 Å². The molecular formula is C15H20N2O4S. The van der Waals surface area contributed by atoms with Crippen molar-refractivity contribution in [3.8, 4) is 0 Å². The minimum atomic E-state index is -1.51. The number of aromatic nitrogens is 1. The Morgan fingerprint density at radius 2 is 2.09 bits per heavy atom. The standard InChI is InChI=1S/C11H16N2S.C4H4O4/c1-9-3-2-6-13-11(9)14-10-4-7-12-8-5-10;5-3(6)1-2-4(7)8/h2-3,6,10,12H,4-5,7-8H2,1H3;1-2H,(H,5,6)(H,7,8)/b;2-1+. The highest BCUT2D eigenvalue weighted by molar-refractivity contribution is 7.99. The highest BCUT2D eigenvalue weighted by Crippen LogP contribution is 2.28. The van der Waals surface area contributed by atoms with Crippen LogP contribution in [0.4, 0.5) is 0 Å². The van der Waals surface area contributed by atoms with Gasteiger partial charge in [-0.05, 0) is 24.6 Å². The Hall–Kier alpha value is -1.86. The van der Waals surface area contributed by atoms with Crippen LogP contribution >= 0.6 is 11.8 Å². The lowest BCUT2D eigenvalue weighted by Crippen LogP contribution is -2.86. The van der Waals surface area contributed by atoms with Crippen molar-refractivity contribution in [2.24, 2.45) is 0 Å². The molecule has 6 nitrogen and oxygen atoms in total. The van der Waals surface area contributed by atoms with Gasteiger partial charge in [0.1, 0.15) is 0 Å². The summed E-state index contributed by atoms with van der Waals surface area (Å²) in [5.41, 5.74) is 1.31. The summed E-state index contributed by atoms with van der Waals surface area (Å²) < 4.78 is 0. The Bertz CT molecular complexity index is 512. The molecule has 1 aromatic heterocycles. The number of thioether (sulfide) groups is 1. The van der Waals surface area contributed by atoms with E-state index < -0.39 is 11.9 Å². The van der Waals surface area contributed by atoms with Gasteiger partial charge < -0.3 is 20.3 Å². The van der Waals surface area contributed by atoms with Crippen molar-refractivity contribution in [3.05, 3.63) is 36.0 Å². The molecule has 0 radical (unpaired) electrons. The van der Waals surface area contributed by atoms with E-state index in [9.17, 15) is 14.7 Å². The van der Waals surface area contributed by atoms with Gasteiger partial charge in [0.25, 0.3) is 0 Å². The fourth-order valence-electron chi connectivity index (χ4n) is 1.91. The van der Waals surface area contributed by atoms with Gasteiger partial charge in [0.05, 0.1) is 24.1 Å². The first kappa shape index (κ1) is 18.2. The highest BCUT2D eigenvalue weighted by Gasteiger charge is 2.17. The molecule has 0 atom stereocenters. The summed E-state index contributed by atoms with van der Waals surface area (Å²) in [7, 11) is 0. The summed E-state index contributed by atoms with van der Waals surface area (Å²) in [6.07, 6.45) is 5.48. The number of nitrogens with zero attached hydrogens (tertiary/aromatic N) is 1. The minimum absolute atomic E-state index is 0.447. The van der Waals surface area contributed by atoms with E-state index in [1.165, 1.54) is 36.5 Å². The maximum absolute atomic E-state index is 9.53. The molecule has 1 fully saturated rings. The molecule has 0 aliphatic carbocycles. The monoisotopic (exact) mass is 324 g/mol. The van der Waals surface area contributed by atoms with Crippen molar-refractivity contribution >= 4 is 23.7 Å². The Kier molecular flexibility index (Phi) is 8.24. The van der Waals surface area contributed by atoms with Crippen molar-refractivity contribution in [3.63, 3.8) is 0 Å². The number of carboxylic acids is 2. The van der Waals surface area contributed by atoms with Gasteiger partial charge in [0.15, 0.2) is 0 Å². The summed E-state index contributed by atoms with van der Waals surface area (Å²) in [5.74, 6) is -2.80. The van der Waals surface area contributed by atoms with Crippen LogP contribution in [0, 0.1) is 6.92 Å². The Balaban J connectivity index is 0.000000261. The Morgan fingerprint density at radius 1 is 1.41 bits per heavy atom. The Labute approximate surface area is 133 Å². The molecule has 1 aliphatic heterocycles. The van der Waals surface area contributed by atoms with Gasteiger partial charge >= 0.3 is 5.97 Å². The summed E-state index contributed by atoms with van der Waals surface area (Å²) in [6.45, 7) is 4.71. The maximum Gasteiger partial charge on any atom is 0.328 e. The Morgan fingerprint density at radius 3 is 2.59 bits per heavy atom. The van der Waals surface area contributed by atoms with Gasteiger partial charge in [-0.15, -0.1) is 11.8 Å². The molecular weight excluding hydrogens is 304 g/mol. The molecule has 0 amide bonds. The lowest BCUT2D eigenvalue weighted by Gasteiger charge is -2.19. The number of carbonyl (C=O) groups is 2. The fraction of sp³-hybridized carbons (Fsp3) is 0.400. The SMILES string of the molecule is Cc1cccnc1SC1CC[NH2+]CC1.O=C([O-])/C=C/C(=O)O. The number of carbonyl (C=O) groups excluding carboxylic acids is 1. The molecule has 1 aliphatic rings. The second-order valence-corrected chi connectivity index (χ2v) is 6.09. The zero-order chi connectivity index (χ0) is 16.4. The van der Waals surface area contributed by atoms with Gasteiger partial charge in [-0.1, -0.05) is 6.07 Å². The fourth-order valence-corrected chi connectivity index (χ4v) is 3.11. The highest BCUT2D eigenvalue weighted by atomic mass is 32.2. The number of aliphatic carboxylic acids is 2. The second kappa shape index (κ2) is 9.97. The molecule has 1 saturated heterocycles. The summed E-state index contributed by atoms with van der Waals surface area (Å²) >= 11 is 1.96.